The van der Waals surface area contributed by atoms with Gasteiger partial charge in [0.1, 0.15) is 0 Å². The first-order valence-corrected chi connectivity index (χ1v) is 10.1. The molecule has 0 radical (unpaired) electrons. The molecule has 1 atom stereocenters. The van der Waals surface area contributed by atoms with E-state index in [1.807, 2.05) is 11.3 Å². The topological polar surface area (TPSA) is 28.2 Å². The maximum absolute atomic E-state index is 4.89. The van der Waals surface area contributed by atoms with Crippen molar-refractivity contribution in [1.82, 2.24) is 15.2 Å². The minimum absolute atomic E-state index is 0.527. The largest absolute Gasteiger partial charge is 0.316 e. The van der Waals surface area contributed by atoms with Crippen molar-refractivity contribution >= 4 is 11.3 Å². The maximum Gasteiger partial charge on any atom is 0.0972 e. The minimum Gasteiger partial charge on any atom is -0.316 e. The molecule has 1 spiro atoms. The van der Waals surface area contributed by atoms with Crippen molar-refractivity contribution < 1.29 is 0 Å². The van der Waals surface area contributed by atoms with Crippen LogP contribution >= 0.6 is 11.3 Å². The summed E-state index contributed by atoms with van der Waals surface area (Å²) < 4.78 is 0. The number of benzene rings is 1. The Kier molecular flexibility index (Phi) is 4.97. The van der Waals surface area contributed by atoms with Gasteiger partial charge in [-0.2, -0.15) is 0 Å². The van der Waals surface area contributed by atoms with Gasteiger partial charge >= 0.3 is 0 Å². The Labute approximate surface area is 149 Å². The number of nitrogens with one attached hydrogen (secondary N) is 1. The van der Waals surface area contributed by atoms with Gasteiger partial charge in [-0.3, -0.25) is 4.90 Å². The first-order valence-electron chi connectivity index (χ1n) is 9.22. The van der Waals surface area contributed by atoms with Crippen LogP contribution < -0.4 is 5.32 Å². The predicted molar refractivity (Wildman–Crippen MR) is 100 cm³/mol. The molecule has 3 heterocycles. The van der Waals surface area contributed by atoms with Gasteiger partial charge in [-0.1, -0.05) is 30.3 Å². The molecule has 0 amide bonds. The number of hydrogen-bond acceptors (Lipinski definition) is 4. The zero-order chi connectivity index (χ0) is 16.2. The van der Waals surface area contributed by atoms with Crippen molar-refractivity contribution in [1.29, 1.82) is 0 Å². The standard InChI is InChI=1S/C20H27N3S/c1-2-6-17(7-3-1)12-19-22-18(14-24-19)13-23-11-5-9-20(16-23)8-4-10-21-15-20/h1-3,6-7,14,21H,4-5,8-13,15-16H2. The molecule has 2 fully saturated rings. The van der Waals surface area contributed by atoms with Gasteiger partial charge in [-0.25, -0.2) is 4.98 Å². The molecule has 24 heavy (non-hydrogen) atoms. The molecule has 3 nitrogen and oxygen atoms in total. The minimum atomic E-state index is 0.527. The highest BCUT2D eigenvalue weighted by molar-refractivity contribution is 7.09. The zero-order valence-electron chi connectivity index (χ0n) is 14.3. The number of aromatic nitrogens is 1. The van der Waals surface area contributed by atoms with Crippen LogP contribution in [0.25, 0.3) is 0 Å². The van der Waals surface area contributed by atoms with Crippen LogP contribution in [0.15, 0.2) is 35.7 Å². The second-order valence-electron chi connectivity index (χ2n) is 7.49. The molecule has 0 aliphatic carbocycles. The summed E-state index contributed by atoms with van der Waals surface area (Å²) in [5.41, 5.74) is 3.13. The van der Waals surface area contributed by atoms with Crippen LogP contribution in [0.1, 0.15) is 41.9 Å². The van der Waals surface area contributed by atoms with E-state index in [0.717, 1.165) is 13.0 Å². The summed E-state index contributed by atoms with van der Waals surface area (Å²) in [5.74, 6) is 0. The van der Waals surface area contributed by atoms with Crippen LogP contribution in [0, 0.1) is 5.41 Å². The number of nitrogens with zero attached hydrogens (tertiary/aromatic N) is 2. The highest BCUT2D eigenvalue weighted by atomic mass is 32.1. The fourth-order valence-electron chi connectivity index (χ4n) is 4.33. The predicted octanol–water partition coefficient (Wildman–Crippen LogP) is 3.70. The van der Waals surface area contributed by atoms with Crippen molar-refractivity contribution in [2.24, 2.45) is 5.41 Å². The van der Waals surface area contributed by atoms with E-state index in [1.54, 1.807) is 0 Å². The third-order valence-electron chi connectivity index (χ3n) is 5.48. The summed E-state index contributed by atoms with van der Waals surface area (Å²) in [4.78, 5) is 7.53. The quantitative estimate of drug-likeness (QED) is 0.919. The van der Waals surface area contributed by atoms with Crippen molar-refractivity contribution in [3.63, 3.8) is 0 Å². The lowest BCUT2D eigenvalue weighted by molar-refractivity contribution is 0.0594. The molecule has 1 N–H and O–H groups in total. The monoisotopic (exact) mass is 341 g/mol. The number of hydrogen-bond donors (Lipinski definition) is 1. The molecule has 1 aromatic heterocycles. The number of likely N-dealkylation sites (tertiary alicyclic amines) is 1. The van der Waals surface area contributed by atoms with Gasteiger partial charge < -0.3 is 5.32 Å². The Morgan fingerprint density at radius 3 is 2.88 bits per heavy atom. The smallest absolute Gasteiger partial charge is 0.0972 e. The van der Waals surface area contributed by atoms with Crippen LogP contribution in [0.3, 0.4) is 0 Å². The Bertz CT molecular complexity index is 640. The highest BCUT2D eigenvalue weighted by Crippen LogP contribution is 2.36. The summed E-state index contributed by atoms with van der Waals surface area (Å²) in [6.07, 6.45) is 6.42. The molecule has 2 aliphatic heterocycles. The van der Waals surface area contributed by atoms with Gasteiger partial charge in [0.15, 0.2) is 0 Å². The molecule has 128 valence electrons. The molecule has 0 saturated carbocycles. The first kappa shape index (κ1) is 16.2. The third kappa shape index (κ3) is 3.88. The van der Waals surface area contributed by atoms with Crippen LogP contribution in [0.2, 0.25) is 0 Å². The van der Waals surface area contributed by atoms with Gasteiger partial charge in [-0.15, -0.1) is 11.3 Å². The Morgan fingerprint density at radius 1 is 1.17 bits per heavy atom. The molecule has 1 unspecified atom stereocenters. The van der Waals surface area contributed by atoms with E-state index >= 15 is 0 Å². The average molecular weight is 342 g/mol. The van der Waals surface area contributed by atoms with Gasteiger partial charge in [0.2, 0.25) is 0 Å². The molecule has 2 aliphatic rings. The molecular weight excluding hydrogens is 314 g/mol. The lowest BCUT2D eigenvalue weighted by Gasteiger charge is -2.45. The van der Waals surface area contributed by atoms with Crippen LogP contribution in [-0.2, 0) is 13.0 Å². The van der Waals surface area contributed by atoms with E-state index in [4.69, 9.17) is 4.98 Å². The Balaban J connectivity index is 1.37. The Morgan fingerprint density at radius 2 is 2.04 bits per heavy atom. The normalized spacial score (nSPS) is 25.2. The van der Waals surface area contributed by atoms with Gasteiger partial charge in [0.05, 0.1) is 10.7 Å². The van der Waals surface area contributed by atoms with Gasteiger partial charge in [0, 0.05) is 31.4 Å². The first-order chi connectivity index (χ1) is 11.8. The fraction of sp³-hybridized carbons (Fsp3) is 0.550. The summed E-state index contributed by atoms with van der Waals surface area (Å²) in [6.45, 7) is 5.91. The van der Waals surface area contributed by atoms with Crippen molar-refractivity contribution in [2.45, 2.75) is 38.6 Å². The molecule has 2 saturated heterocycles. The summed E-state index contributed by atoms with van der Waals surface area (Å²) in [7, 11) is 0. The lowest BCUT2D eigenvalue weighted by atomic mass is 9.74. The van der Waals surface area contributed by atoms with E-state index < -0.39 is 0 Å². The van der Waals surface area contributed by atoms with E-state index in [0.29, 0.717) is 5.41 Å². The third-order valence-corrected chi connectivity index (χ3v) is 6.38. The molecule has 4 heteroatoms. The van der Waals surface area contributed by atoms with Crippen LogP contribution in [0.4, 0.5) is 0 Å². The van der Waals surface area contributed by atoms with E-state index in [1.165, 1.54) is 68.1 Å². The fourth-order valence-corrected chi connectivity index (χ4v) is 5.15. The Hall–Kier alpha value is -1.23. The van der Waals surface area contributed by atoms with Crippen molar-refractivity contribution in [3.05, 3.63) is 52.0 Å². The van der Waals surface area contributed by atoms with Gasteiger partial charge in [-0.05, 0) is 49.8 Å². The molecule has 0 bridgehead atoms. The number of rotatable bonds is 4. The second-order valence-corrected chi connectivity index (χ2v) is 8.43. The SMILES string of the molecule is c1ccc(Cc2nc(CN3CCCC4(CCCNC4)C3)cs2)cc1. The van der Waals surface area contributed by atoms with E-state index in [9.17, 15) is 0 Å². The summed E-state index contributed by atoms with van der Waals surface area (Å²) in [6, 6.07) is 10.7. The molecule has 4 rings (SSSR count). The molecule has 1 aromatic carbocycles. The van der Waals surface area contributed by atoms with Crippen molar-refractivity contribution in [2.75, 3.05) is 26.2 Å². The summed E-state index contributed by atoms with van der Waals surface area (Å²) in [5, 5.41) is 7.12. The zero-order valence-corrected chi connectivity index (χ0v) is 15.2. The van der Waals surface area contributed by atoms with Crippen molar-refractivity contribution in [3.8, 4) is 0 Å². The van der Waals surface area contributed by atoms with E-state index in [2.05, 4.69) is 45.9 Å². The number of piperidine rings is 2. The highest BCUT2D eigenvalue weighted by Gasteiger charge is 2.36. The molecular formula is C20H27N3S. The maximum atomic E-state index is 4.89. The lowest BCUT2D eigenvalue weighted by Crippen LogP contribution is -2.50. The second kappa shape index (κ2) is 7.34. The van der Waals surface area contributed by atoms with Crippen LogP contribution in [0.5, 0.6) is 0 Å². The average Bonchev–Trinajstić information content (AvgIpc) is 3.03. The molecule has 2 aromatic rings. The van der Waals surface area contributed by atoms with E-state index in [-0.39, 0.29) is 0 Å². The number of thiazole rings is 1. The van der Waals surface area contributed by atoms with Gasteiger partial charge in [0.25, 0.3) is 0 Å². The van der Waals surface area contributed by atoms with Crippen LogP contribution in [-0.4, -0.2) is 36.1 Å². The summed E-state index contributed by atoms with van der Waals surface area (Å²) >= 11 is 1.81.